The van der Waals surface area contributed by atoms with Crippen LogP contribution >= 0.6 is 0 Å². The molecule has 3 heterocycles. The molecule has 0 amide bonds. The first kappa shape index (κ1) is 63.0. The number of nitrogens with zero attached hydrogens (tertiary/aromatic N) is 4. The van der Waals surface area contributed by atoms with Crippen LogP contribution in [0.1, 0.15) is 215 Å². The molecule has 13 rings (SSSR count). The average molecular weight is 1210 g/mol. The minimum absolute atomic E-state index is 0.00232. The van der Waals surface area contributed by atoms with Gasteiger partial charge in [-0.05, 0) is 233 Å². The molecule has 0 fully saturated rings. The van der Waals surface area contributed by atoms with Crippen molar-refractivity contribution in [2.24, 2.45) is 0 Å². The van der Waals surface area contributed by atoms with E-state index in [2.05, 4.69) is 348 Å². The summed E-state index contributed by atoms with van der Waals surface area (Å²) in [6, 6.07) is 67.9. The molecule has 3 aliphatic rings. The molecular formula is C87H101BN4. The molecule has 0 unspecified atom stereocenters. The van der Waals surface area contributed by atoms with Crippen molar-refractivity contribution in [3.63, 3.8) is 0 Å². The molecule has 0 spiro atoms. The number of anilines is 8. The normalized spacial score (nSPS) is 15.4. The quantitative estimate of drug-likeness (QED) is 0.148. The van der Waals surface area contributed by atoms with Gasteiger partial charge in [0.05, 0.1) is 11.0 Å². The highest BCUT2D eigenvalue weighted by Crippen LogP contribution is 2.54. The Morgan fingerprint density at radius 3 is 1.18 bits per heavy atom. The lowest BCUT2D eigenvalue weighted by atomic mass is 9.43. The first-order valence-corrected chi connectivity index (χ1v) is 34.2. The zero-order valence-corrected chi connectivity index (χ0v) is 59.9. The van der Waals surface area contributed by atoms with Gasteiger partial charge in [0.1, 0.15) is 0 Å². The van der Waals surface area contributed by atoms with Gasteiger partial charge in [0.2, 0.25) is 0 Å². The molecule has 0 atom stereocenters. The molecule has 4 nitrogen and oxygen atoms in total. The standard InChI is InChI=1S/C87H101BN4/c1-54-46-71-72(87(22,23)45-44-86(71,20)21)53-76(54)92-75-43-41-65(89(61-33-24-55(25-34-61)80(2,3)4)62-35-26-56(27-36-62)81(5,6)7)50-68(75)69-51-66(90(63-37-28-57(29-38-63)82(8,9)10)64-39-30-58(31-40-64)83(11,12)13)52-77-78(69)88(92)73-49-60(85(17,18)19)48-70-67-47-59(84(14,15)16)32-42-74(67)91(77)79(70)73/h24-43,46-53H,44-45H2,1-23H3. The molecule has 10 aromatic rings. The predicted molar refractivity (Wildman–Crippen MR) is 401 cm³/mol. The lowest BCUT2D eigenvalue weighted by Crippen LogP contribution is -2.61. The summed E-state index contributed by atoms with van der Waals surface area (Å²) in [5, 5.41) is 2.62. The molecule has 1 aromatic heterocycles. The third kappa shape index (κ3) is 10.7. The molecule has 472 valence electrons. The highest BCUT2D eigenvalue weighted by atomic mass is 15.2. The molecule has 92 heavy (non-hydrogen) atoms. The maximum absolute atomic E-state index is 2.82. The second-order valence-electron chi connectivity index (χ2n) is 35.2. The summed E-state index contributed by atoms with van der Waals surface area (Å²) >= 11 is 0. The van der Waals surface area contributed by atoms with Gasteiger partial charge in [-0.3, -0.25) is 0 Å². The third-order valence-corrected chi connectivity index (χ3v) is 21.3. The van der Waals surface area contributed by atoms with E-state index >= 15 is 0 Å². The molecule has 0 saturated carbocycles. The van der Waals surface area contributed by atoms with Crippen LogP contribution in [0.5, 0.6) is 0 Å². The minimum Gasteiger partial charge on any atom is -0.376 e. The van der Waals surface area contributed by atoms with E-state index < -0.39 is 0 Å². The summed E-state index contributed by atoms with van der Waals surface area (Å²) in [5.74, 6) is 0. The average Bonchev–Trinajstić information content (AvgIpc) is 1.36. The van der Waals surface area contributed by atoms with Crippen molar-refractivity contribution in [1.29, 1.82) is 0 Å². The Bertz CT molecular complexity index is 4430. The molecule has 0 saturated heterocycles. The van der Waals surface area contributed by atoms with Crippen LogP contribution in [0.4, 0.5) is 45.5 Å². The third-order valence-electron chi connectivity index (χ3n) is 21.3. The molecular weight excluding hydrogens is 1110 g/mol. The summed E-state index contributed by atoms with van der Waals surface area (Å²) in [6.45, 7) is 54.1. The van der Waals surface area contributed by atoms with Crippen LogP contribution < -0.4 is 25.5 Å². The Morgan fingerprint density at radius 2 is 0.739 bits per heavy atom. The SMILES string of the molecule is Cc1cc2c(cc1N1B3c4c(cc(N(c5ccc(C(C)(C)C)cc5)c5ccc(C(C)(C)C)cc5)cc4-n4c5ccc(C(C)(C)C)cc5c5cc(C(C)(C)C)cc3c54)-c3cc(N(c4ccc(C(C)(C)C)cc4)c4ccc(C(C)(C)C)cc4)ccc31)C(C)(C)CCC2(C)C. The largest absolute Gasteiger partial charge is 0.376 e. The molecule has 9 aromatic carbocycles. The van der Waals surface area contributed by atoms with E-state index in [0.717, 1.165) is 47.0 Å². The molecule has 0 radical (unpaired) electrons. The molecule has 0 bridgehead atoms. The second kappa shape index (κ2) is 21.1. The number of hydrogen-bond donors (Lipinski definition) is 0. The zero-order valence-electron chi connectivity index (χ0n) is 59.9. The van der Waals surface area contributed by atoms with Crippen LogP contribution in [0.25, 0.3) is 38.6 Å². The second-order valence-corrected chi connectivity index (χ2v) is 35.2. The fourth-order valence-corrected chi connectivity index (χ4v) is 15.2. The van der Waals surface area contributed by atoms with Gasteiger partial charge >= 0.3 is 6.85 Å². The van der Waals surface area contributed by atoms with Gasteiger partial charge in [0.15, 0.2) is 0 Å². The first-order valence-electron chi connectivity index (χ1n) is 34.2. The van der Waals surface area contributed by atoms with E-state index in [1.165, 1.54) is 111 Å². The maximum atomic E-state index is 2.82. The van der Waals surface area contributed by atoms with Gasteiger partial charge in [-0.1, -0.05) is 219 Å². The van der Waals surface area contributed by atoms with Crippen LogP contribution in [-0.4, -0.2) is 11.4 Å². The number of fused-ring (bicyclic) bond motifs is 8. The number of aryl methyl sites for hydroxylation is 1. The summed E-state index contributed by atoms with van der Waals surface area (Å²) < 4.78 is 2.69. The highest BCUT2D eigenvalue weighted by molar-refractivity contribution is 6.93. The van der Waals surface area contributed by atoms with Gasteiger partial charge in [-0.15, -0.1) is 0 Å². The van der Waals surface area contributed by atoms with Gasteiger partial charge in [-0.25, -0.2) is 0 Å². The first-order chi connectivity index (χ1) is 42.8. The van der Waals surface area contributed by atoms with Crippen LogP contribution in [0, 0.1) is 6.92 Å². The number of hydrogen-bond acceptors (Lipinski definition) is 3. The minimum atomic E-state index is -0.191. The van der Waals surface area contributed by atoms with Crippen molar-refractivity contribution in [2.45, 2.75) is 215 Å². The van der Waals surface area contributed by atoms with Crippen LogP contribution in [0.3, 0.4) is 0 Å². The summed E-state index contributed by atoms with van der Waals surface area (Å²) in [7, 11) is 0. The summed E-state index contributed by atoms with van der Waals surface area (Å²) in [6.07, 6.45) is 2.30. The Kier molecular flexibility index (Phi) is 14.5. The molecule has 0 N–H and O–H groups in total. The van der Waals surface area contributed by atoms with E-state index in [-0.39, 0.29) is 50.2 Å². The number of rotatable bonds is 7. The lowest BCUT2D eigenvalue weighted by Gasteiger charge is -2.46. The molecule has 1 aliphatic carbocycles. The summed E-state index contributed by atoms with van der Waals surface area (Å²) in [5.41, 5.74) is 30.1. The Labute approximate surface area is 553 Å². The van der Waals surface area contributed by atoms with Crippen molar-refractivity contribution in [3.8, 4) is 16.8 Å². The maximum Gasteiger partial charge on any atom is 0.333 e. The number of benzene rings is 9. The zero-order chi connectivity index (χ0) is 66.1. The van der Waals surface area contributed by atoms with Gasteiger partial charge < -0.3 is 19.2 Å². The van der Waals surface area contributed by atoms with E-state index in [1.807, 2.05) is 0 Å². The van der Waals surface area contributed by atoms with Crippen LogP contribution in [0.2, 0.25) is 0 Å². The van der Waals surface area contributed by atoms with Gasteiger partial charge in [-0.2, -0.15) is 0 Å². The van der Waals surface area contributed by atoms with Crippen molar-refractivity contribution >= 4 is 85.1 Å². The Hall–Kier alpha value is -7.76. The van der Waals surface area contributed by atoms with Crippen molar-refractivity contribution in [3.05, 3.63) is 220 Å². The van der Waals surface area contributed by atoms with Gasteiger partial charge in [0, 0.05) is 67.5 Å². The van der Waals surface area contributed by atoms with E-state index in [9.17, 15) is 0 Å². The topological polar surface area (TPSA) is 14.7 Å². The van der Waals surface area contributed by atoms with E-state index in [0.29, 0.717) is 0 Å². The Balaban J connectivity index is 1.20. The molecule has 2 aliphatic heterocycles. The van der Waals surface area contributed by atoms with E-state index in [1.54, 1.807) is 0 Å². The van der Waals surface area contributed by atoms with Crippen LogP contribution in [0.15, 0.2) is 170 Å². The highest BCUT2D eigenvalue weighted by Gasteiger charge is 2.47. The lowest BCUT2D eigenvalue weighted by molar-refractivity contribution is 0.332. The molecule has 5 heteroatoms. The van der Waals surface area contributed by atoms with Gasteiger partial charge in [0.25, 0.3) is 0 Å². The predicted octanol–water partition coefficient (Wildman–Crippen LogP) is 23.4. The van der Waals surface area contributed by atoms with Crippen LogP contribution in [-0.2, 0) is 43.3 Å². The smallest absolute Gasteiger partial charge is 0.333 e. The van der Waals surface area contributed by atoms with Crippen molar-refractivity contribution < 1.29 is 0 Å². The Morgan fingerprint density at radius 1 is 0.348 bits per heavy atom. The van der Waals surface area contributed by atoms with Crippen molar-refractivity contribution in [2.75, 3.05) is 14.6 Å². The summed E-state index contributed by atoms with van der Waals surface area (Å²) in [4.78, 5) is 7.85. The fraction of sp³-hybridized carbons (Fsp3) is 0.379. The van der Waals surface area contributed by atoms with E-state index in [4.69, 9.17) is 0 Å². The number of aromatic nitrogens is 1. The van der Waals surface area contributed by atoms with Crippen molar-refractivity contribution in [1.82, 2.24) is 4.57 Å². The monoisotopic (exact) mass is 1210 g/mol. The fourth-order valence-electron chi connectivity index (χ4n) is 15.2.